The van der Waals surface area contributed by atoms with E-state index in [1.165, 1.54) is 12.1 Å². The molecule has 0 amide bonds. The van der Waals surface area contributed by atoms with Crippen LogP contribution in [-0.2, 0) is 11.3 Å². The number of thiazole rings is 1. The second-order valence-electron chi connectivity index (χ2n) is 4.85. The molecule has 1 aliphatic rings. The molecule has 3 rings (SSSR count). The molecule has 3 nitrogen and oxygen atoms in total. The molecule has 0 radical (unpaired) electrons. The van der Waals surface area contributed by atoms with Gasteiger partial charge in [-0.15, -0.1) is 11.3 Å². The fourth-order valence-electron chi connectivity index (χ4n) is 2.33. The molecule has 1 saturated heterocycles. The van der Waals surface area contributed by atoms with E-state index in [4.69, 9.17) is 9.73 Å². The molecule has 19 heavy (non-hydrogen) atoms. The molecule has 2 heterocycles. The van der Waals surface area contributed by atoms with Crippen molar-refractivity contribution < 1.29 is 4.74 Å². The molecular weight excluding hydrogens is 256 g/mol. The lowest BCUT2D eigenvalue weighted by atomic mass is 10.2. The second kappa shape index (κ2) is 5.72. The van der Waals surface area contributed by atoms with Crippen LogP contribution in [0.2, 0.25) is 0 Å². The summed E-state index contributed by atoms with van der Waals surface area (Å²) < 4.78 is 8.00. The number of hydrogen-bond acceptors (Lipinski definition) is 3. The van der Waals surface area contributed by atoms with Gasteiger partial charge in [0.05, 0.1) is 18.3 Å². The molecule has 0 spiro atoms. The molecule has 0 bridgehead atoms. The maximum Gasteiger partial charge on any atom is 0.190 e. The van der Waals surface area contributed by atoms with E-state index < -0.39 is 0 Å². The number of ether oxygens (including phenoxy) is 1. The van der Waals surface area contributed by atoms with Crippen molar-refractivity contribution >= 4 is 17.0 Å². The Morgan fingerprint density at radius 1 is 1.37 bits per heavy atom. The fourth-order valence-corrected chi connectivity index (χ4v) is 3.24. The molecule has 4 heteroatoms. The largest absolute Gasteiger partial charge is 0.376 e. The molecule has 1 unspecified atom stereocenters. The Morgan fingerprint density at radius 2 is 2.21 bits per heavy atom. The Morgan fingerprint density at radius 3 is 2.95 bits per heavy atom. The summed E-state index contributed by atoms with van der Waals surface area (Å²) in [5, 5.41) is 2.16. The van der Waals surface area contributed by atoms with Crippen molar-refractivity contribution in [2.45, 2.75) is 32.4 Å². The number of hydrogen-bond donors (Lipinski definition) is 0. The molecule has 0 aliphatic carbocycles. The Labute approximate surface area is 117 Å². The summed E-state index contributed by atoms with van der Waals surface area (Å²) in [5.41, 5.74) is 2.26. The third kappa shape index (κ3) is 2.96. The number of aromatic nitrogens is 1. The summed E-state index contributed by atoms with van der Waals surface area (Å²) in [6.07, 6.45) is 2.69. The van der Waals surface area contributed by atoms with Crippen molar-refractivity contribution in [1.82, 2.24) is 4.57 Å². The Bertz CT molecular complexity index is 594. The predicted molar refractivity (Wildman–Crippen MR) is 77.7 cm³/mol. The summed E-state index contributed by atoms with van der Waals surface area (Å²) >= 11 is 1.70. The zero-order valence-corrected chi connectivity index (χ0v) is 11.9. The normalized spacial score (nSPS) is 20.1. The molecule has 1 aliphatic heterocycles. The lowest BCUT2D eigenvalue weighted by Gasteiger charge is -2.12. The van der Waals surface area contributed by atoms with Gasteiger partial charge in [-0.1, -0.05) is 18.2 Å². The van der Waals surface area contributed by atoms with Gasteiger partial charge in [-0.2, -0.15) is 0 Å². The van der Waals surface area contributed by atoms with Gasteiger partial charge >= 0.3 is 0 Å². The quantitative estimate of drug-likeness (QED) is 0.843. The smallest absolute Gasteiger partial charge is 0.190 e. The molecular formula is C15H18N2OS. The predicted octanol–water partition coefficient (Wildman–Crippen LogP) is 3.27. The summed E-state index contributed by atoms with van der Waals surface area (Å²) in [5.74, 6) is 0. The summed E-state index contributed by atoms with van der Waals surface area (Å²) in [6.45, 7) is 3.95. The van der Waals surface area contributed by atoms with Crippen LogP contribution < -0.4 is 4.80 Å². The van der Waals surface area contributed by atoms with E-state index in [2.05, 4.69) is 16.9 Å². The van der Waals surface area contributed by atoms with Gasteiger partial charge in [-0.25, -0.2) is 4.99 Å². The third-order valence-electron chi connectivity index (χ3n) is 3.38. The van der Waals surface area contributed by atoms with Crippen molar-refractivity contribution in [2.24, 2.45) is 4.99 Å². The first kappa shape index (κ1) is 12.6. The Hall–Kier alpha value is -1.39. The zero-order valence-electron chi connectivity index (χ0n) is 11.1. The molecule has 100 valence electrons. The van der Waals surface area contributed by atoms with E-state index in [1.54, 1.807) is 11.3 Å². The van der Waals surface area contributed by atoms with Crippen molar-refractivity contribution in [3.8, 4) is 0 Å². The van der Waals surface area contributed by atoms with Crippen LogP contribution in [0, 0.1) is 6.92 Å². The van der Waals surface area contributed by atoms with Gasteiger partial charge in [-0.05, 0) is 31.9 Å². The highest BCUT2D eigenvalue weighted by atomic mass is 32.1. The van der Waals surface area contributed by atoms with E-state index in [0.29, 0.717) is 6.10 Å². The van der Waals surface area contributed by atoms with Crippen LogP contribution in [0.5, 0.6) is 0 Å². The van der Waals surface area contributed by atoms with Crippen LogP contribution in [-0.4, -0.2) is 17.3 Å². The van der Waals surface area contributed by atoms with Crippen molar-refractivity contribution in [3.63, 3.8) is 0 Å². The highest BCUT2D eigenvalue weighted by molar-refractivity contribution is 7.07. The van der Waals surface area contributed by atoms with Gasteiger partial charge in [0.25, 0.3) is 0 Å². The third-order valence-corrected chi connectivity index (χ3v) is 4.36. The number of benzene rings is 1. The van der Waals surface area contributed by atoms with Gasteiger partial charge in [0.1, 0.15) is 0 Å². The summed E-state index contributed by atoms with van der Waals surface area (Å²) in [6, 6.07) is 10.1. The van der Waals surface area contributed by atoms with E-state index in [1.807, 2.05) is 30.3 Å². The standard InChI is InChI=1S/C15H18N2OS/c1-12-11-19-15(16-13-6-3-2-4-7-13)17(12)10-14-8-5-9-18-14/h2-4,6-7,11,14H,5,8-10H2,1H3. The van der Waals surface area contributed by atoms with Crippen LogP contribution in [0.15, 0.2) is 40.7 Å². The van der Waals surface area contributed by atoms with Gasteiger partial charge in [0.15, 0.2) is 4.80 Å². The highest BCUT2D eigenvalue weighted by Crippen LogP contribution is 2.15. The fraction of sp³-hybridized carbons (Fsp3) is 0.400. The van der Waals surface area contributed by atoms with Gasteiger partial charge in [0, 0.05) is 17.7 Å². The molecule has 1 atom stereocenters. The molecule has 1 aromatic carbocycles. The first-order valence-electron chi connectivity index (χ1n) is 6.69. The Balaban J connectivity index is 1.91. The van der Waals surface area contributed by atoms with E-state index in [0.717, 1.165) is 30.1 Å². The Kier molecular flexibility index (Phi) is 3.80. The minimum absolute atomic E-state index is 0.350. The molecule has 1 aromatic heterocycles. The maximum absolute atomic E-state index is 5.73. The summed E-state index contributed by atoms with van der Waals surface area (Å²) in [4.78, 5) is 5.78. The zero-order chi connectivity index (χ0) is 13.1. The minimum Gasteiger partial charge on any atom is -0.376 e. The van der Waals surface area contributed by atoms with Crippen LogP contribution in [0.1, 0.15) is 18.5 Å². The van der Waals surface area contributed by atoms with Crippen LogP contribution in [0.25, 0.3) is 0 Å². The van der Waals surface area contributed by atoms with Crippen LogP contribution >= 0.6 is 11.3 Å². The summed E-state index contributed by atoms with van der Waals surface area (Å²) in [7, 11) is 0. The van der Waals surface area contributed by atoms with Crippen molar-refractivity contribution in [3.05, 3.63) is 46.2 Å². The van der Waals surface area contributed by atoms with Gasteiger partial charge in [0.2, 0.25) is 0 Å². The average Bonchev–Trinajstić information content (AvgIpc) is 3.05. The molecule has 2 aromatic rings. The number of para-hydroxylation sites is 1. The van der Waals surface area contributed by atoms with E-state index >= 15 is 0 Å². The van der Waals surface area contributed by atoms with Crippen molar-refractivity contribution in [1.29, 1.82) is 0 Å². The lowest BCUT2D eigenvalue weighted by Crippen LogP contribution is -2.24. The number of aryl methyl sites for hydroxylation is 1. The van der Waals surface area contributed by atoms with Gasteiger partial charge < -0.3 is 9.30 Å². The second-order valence-corrected chi connectivity index (χ2v) is 5.69. The first-order valence-corrected chi connectivity index (χ1v) is 7.57. The highest BCUT2D eigenvalue weighted by Gasteiger charge is 2.17. The van der Waals surface area contributed by atoms with Gasteiger partial charge in [-0.3, -0.25) is 0 Å². The topological polar surface area (TPSA) is 26.5 Å². The lowest BCUT2D eigenvalue weighted by molar-refractivity contribution is 0.0959. The molecule has 1 fully saturated rings. The SMILES string of the molecule is Cc1csc(=Nc2ccccc2)n1CC1CCCO1. The average molecular weight is 274 g/mol. The van der Waals surface area contributed by atoms with Crippen molar-refractivity contribution in [2.75, 3.05) is 6.61 Å². The van der Waals surface area contributed by atoms with Crippen LogP contribution in [0.4, 0.5) is 5.69 Å². The monoisotopic (exact) mass is 274 g/mol. The molecule has 0 N–H and O–H groups in total. The van der Waals surface area contributed by atoms with Crippen LogP contribution in [0.3, 0.4) is 0 Å². The first-order chi connectivity index (χ1) is 9.33. The molecule has 0 saturated carbocycles. The number of nitrogens with zero attached hydrogens (tertiary/aromatic N) is 2. The number of rotatable bonds is 3. The van der Waals surface area contributed by atoms with E-state index in [9.17, 15) is 0 Å². The van der Waals surface area contributed by atoms with E-state index in [-0.39, 0.29) is 0 Å². The maximum atomic E-state index is 5.73. The minimum atomic E-state index is 0.350.